The van der Waals surface area contributed by atoms with Crippen molar-refractivity contribution >= 4 is 0 Å². The van der Waals surface area contributed by atoms with Crippen LogP contribution in [0.5, 0.6) is 0 Å². The largest absolute Gasteiger partial charge is 0.103 e. The molecule has 0 N–H and O–H groups in total. The molecule has 0 heteroatoms. The lowest BCUT2D eigenvalue weighted by molar-refractivity contribution is 1.50. The van der Waals surface area contributed by atoms with Gasteiger partial charge in [0.05, 0.1) is 0 Å². The van der Waals surface area contributed by atoms with Gasteiger partial charge in [-0.15, -0.1) is 13.2 Å². The van der Waals surface area contributed by atoms with Gasteiger partial charge >= 0.3 is 0 Å². The Kier molecular flexibility index (Phi) is 492. The zero-order valence-electron chi connectivity index (χ0n) is 8.57. The van der Waals surface area contributed by atoms with Gasteiger partial charge in [0, 0.05) is 0 Å². The molecule has 0 bridgehead atoms. The molecule has 0 nitrogen and oxygen atoms in total. The summed E-state index contributed by atoms with van der Waals surface area (Å²) in [5.41, 5.74) is 0. The van der Waals surface area contributed by atoms with E-state index in [1.165, 1.54) is 0 Å². The summed E-state index contributed by atoms with van der Waals surface area (Å²) < 4.78 is 0. The van der Waals surface area contributed by atoms with Crippen LogP contribution in [0, 0.1) is 0 Å². The molecule has 0 aliphatic carbocycles. The van der Waals surface area contributed by atoms with Gasteiger partial charge in [-0.3, -0.25) is 0 Å². The van der Waals surface area contributed by atoms with Gasteiger partial charge in [0.15, 0.2) is 0 Å². The molecule has 0 aromatic carbocycles. The summed E-state index contributed by atoms with van der Waals surface area (Å²) >= 11 is 0. The molecule has 0 amide bonds. The summed E-state index contributed by atoms with van der Waals surface area (Å²) in [6.07, 6.45) is 3.50. The molecule has 0 rings (SSSR count). The Hall–Kier alpha value is -0.520. The smallest absolute Gasteiger partial charge is 0.0473 e. The molecule has 0 aliphatic rings. The molecule has 10 heavy (non-hydrogen) atoms. The van der Waals surface area contributed by atoms with Crippen molar-refractivity contribution in [2.45, 2.75) is 41.5 Å². The predicted octanol–water partition coefficient (Wildman–Crippen LogP) is 4.44. The summed E-state index contributed by atoms with van der Waals surface area (Å²) in [7, 11) is 0. The molecule has 0 aromatic heterocycles. The van der Waals surface area contributed by atoms with Crippen molar-refractivity contribution in [1.82, 2.24) is 0 Å². The average Bonchev–Trinajstić information content (AvgIpc) is 1.99. The van der Waals surface area contributed by atoms with Crippen LogP contribution in [0.15, 0.2) is 25.3 Å². The third kappa shape index (κ3) is 1160. The summed E-state index contributed by atoms with van der Waals surface area (Å²) in [5, 5.41) is 0. The minimum Gasteiger partial charge on any atom is -0.103 e. The first kappa shape index (κ1) is 22.7. The van der Waals surface area contributed by atoms with Crippen LogP contribution in [0.3, 0.4) is 0 Å². The van der Waals surface area contributed by atoms with E-state index in [0.717, 1.165) is 0 Å². The topological polar surface area (TPSA) is 0 Å². The maximum atomic E-state index is 3.36. The highest BCUT2D eigenvalue weighted by atomic mass is 13.2. The maximum Gasteiger partial charge on any atom is -0.0473 e. The van der Waals surface area contributed by atoms with Crippen molar-refractivity contribution in [3.63, 3.8) is 0 Å². The van der Waals surface area contributed by atoms with E-state index in [4.69, 9.17) is 0 Å². The zero-order valence-corrected chi connectivity index (χ0v) is 8.57. The minimum atomic E-state index is 1.75. The minimum absolute atomic E-state index is 1.75. The van der Waals surface area contributed by atoms with Gasteiger partial charge in [0.25, 0.3) is 0 Å². The lowest BCUT2D eigenvalue weighted by Gasteiger charge is -1.31. The van der Waals surface area contributed by atoms with Crippen molar-refractivity contribution in [2.24, 2.45) is 0 Å². The zero-order chi connectivity index (χ0) is 9.41. The fourth-order valence-electron chi connectivity index (χ4n) is 0. The first-order valence-electron chi connectivity index (χ1n) is 3.97. The van der Waals surface area contributed by atoms with Crippen LogP contribution in [0.25, 0.3) is 0 Å². The van der Waals surface area contributed by atoms with Gasteiger partial charge in [0.1, 0.15) is 0 Å². The lowest BCUT2D eigenvalue weighted by atomic mass is 10.8. The standard InChI is InChI=1S/2C3H6.2C2H6/c2*1-3-2;2*1-2/h2*3H,1H2,2H3;2*1-2H3. The van der Waals surface area contributed by atoms with Crippen LogP contribution in [0.4, 0.5) is 0 Å². The fourth-order valence-corrected chi connectivity index (χ4v) is 0. The summed E-state index contributed by atoms with van der Waals surface area (Å²) in [5.74, 6) is 0. The molecule has 0 heterocycles. The Morgan fingerprint density at radius 2 is 0.700 bits per heavy atom. The van der Waals surface area contributed by atoms with Gasteiger partial charge in [-0.2, -0.15) is 0 Å². The molecule has 0 aliphatic heterocycles. The van der Waals surface area contributed by atoms with E-state index in [0.29, 0.717) is 0 Å². The molecular formula is C10H24. The van der Waals surface area contributed by atoms with E-state index in [9.17, 15) is 0 Å². The van der Waals surface area contributed by atoms with Crippen molar-refractivity contribution in [3.05, 3.63) is 25.3 Å². The van der Waals surface area contributed by atoms with Crippen LogP contribution in [0.2, 0.25) is 0 Å². The van der Waals surface area contributed by atoms with E-state index in [1.54, 1.807) is 12.2 Å². The van der Waals surface area contributed by atoms with E-state index >= 15 is 0 Å². The van der Waals surface area contributed by atoms with Gasteiger partial charge in [-0.25, -0.2) is 0 Å². The first-order valence-corrected chi connectivity index (χ1v) is 3.97. The Morgan fingerprint density at radius 1 is 0.700 bits per heavy atom. The molecule has 0 saturated heterocycles. The van der Waals surface area contributed by atoms with Crippen molar-refractivity contribution in [3.8, 4) is 0 Å². The van der Waals surface area contributed by atoms with Crippen molar-refractivity contribution < 1.29 is 0 Å². The van der Waals surface area contributed by atoms with Crippen LogP contribution in [-0.4, -0.2) is 0 Å². The Bertz CT molecular complexity index is 21.0. The second-order valence-corrected chi connectivity index (χ2v) is 0.816. The van der Waals surface area contributed by atoms with Crippen LogP contribution in [0.1, 0.15) is 41.5 Å². The summed E-state index contributed by atoms with van der Waals surface area (Å²) in [6, 6.07) is 0. The average molecular weight is 144 g/mol. The highest BCUT2D eigenvalue weighted by Gasteiger charge is 1.15. The third-order valence-corrected chi connectivity index (χ3v) is 0. The predicted molar refractivity (Wildman–Crippen MR) is 54.4 cm³/mol. The van der Waals surface area contributed by atoms with Gasteiger partial charge in [-0.1, -0.05) is 39.8 Å². The SMILES string of the molecule is C=CC.C=CC.CC.CC. The lowest BCUT2D eigenvalue weighted by Crippen LogP contribution is -1.07. The van der Waals surface area contributed by atoms with E-state index in [1.807, 2.05) is 41.5 Å². The molecule has 0 spiro atoms. The molecule has 64 valence electrons. The van der Waals surface area contributed by atoms with Crippen molar-refractivity contribution in [1.29, 1.82) is 0 Å². The number of allylic oxidation sites excluding steroid dienone is 2. The summed E-state index contributed by atoms with van der Waals surface area (Å²) in [6.45, 7) is 18.5. The van der Waals surface area contributed by atoms with Gasteiger partial charge in [-0.05, 0) is 13.8 Å². The Balaban J connectivity index is -0.0000000246. The quantitative estimate of drug-likeness (QED) is 0.441. The van der Waals surface area contributed by atoms with Crippen LogP contribution < -0.4 is 0 Å². The van der Waals surface area contributed by atoms with Crippen LogP contribution in [-0.2, 0) is 0 Å². The maximum absolute atomic E-state index is 3.36. The first-order chi connectivity index (χ1) is 4.83. The summed E-state index contributed by atoms with van der Waals surface area (Å²) in [4.78, 5) is 0. The molecular weight excluding hydrogens is 120 g/mol. The molecule has 0 aromatic rings. The van der Waals surface area contributed by atoms with E-state index in [-0.39, 0.29) is 0 Å². The number of rotatable bonds is 0. The Morgan fingerprint density at radius 3 is 0.700 bits per heavy atom. The van der Waals surface area contributed by atoms with Gasteiger partial charge < -0.3 is 0 Å². The van der Waals surface area contributed by atoms with E-state index < -0.39 is 0 Å². The van der Waals surface area contributed by atoms with Crippen molar-refractivity contribution in [2.75, 3.05) is 0 Å². The fraction of sp³-hybridized carbons (Fsp3) is 0.600. The third-order valence-electron chi connectivity index (χ3n) is 0. The monoisotopic (exact) mass is 144 g/mol. The molecule has 0 radical (unpaired) electrons. The van der Waals surface area contributed by atoms with Gasteiger partial charge in [0.2, 0.25) is 0 Å². The molecule has 0 fully saturated rings. The molecule has 0 saturated carbocycles. The second kappa shape index (κ2) is 217. The van der Waals surface area contributed by atoms with Crippen LogP contribution >= 0.6 is 0 Å². The molecule has 0 unspecified atom stereocenters. The van der Waals surface area contributed by atoms with E-state index in [2.05, 4.69) is 13.2 Å². The highest BCUT2D eigenvalue weighted by molar-refractivity contribution is 4.51. The highest BCUT2D eigenvalue weighted by Crippen LogP contribution is 1.38. The number of hydrogen-bond donors (Lipinski definition) is 0. The Labute approximate surface area is 67.7 Å². The number of hydrogen-bond acceptors (Lipinski definition) is 0. The normalized spacial score (nSPS) is 3.80. The molecule has 0 atom stereocenters. The second-order valence-electron chi connectivity index (χ2n) is 0.816.